The van der Waals surface area contributed by atoms with Crippen LogP contribution in [0.4, 0.5) is 13.2 Å². The quantitative estimate of drug-likeness (QED) is 0.543. The topological polar surface area (TPSA) is 69.7 Å². The molecule has 0 amide bonds. The molecular formula is C21H21F3O5. The number of benzene rings is 1. The van der Waals surface area contributed by atoms with E-state index in [2.05, 4.69) is 0 Å². The van der Waals surface area contributed by atoms with Gasteiger partial charge < -0.3 is 9.47 Å². The summed E-state index contributed by atoms with van der Waals surface area (Å²) in [5.74, 6) is -1.93. The Balaban J connectivity index is 2.02. The molecule has 1 fully saturated rings. The van der Waals surface area contributed by atoms with E-state index >= 15 is 0 Å². The van der Waals surface area contributed by atoms with Crippen LogP contribution in [0.15, 0.2) is 29.8 Å². The van der Waals surface area contributed by atoms with Gasteiger partial charge in [-0.1, -0.05) is 17.7 Å². The van der Waals surface area contributed by atoms with E-state index in [1.165, 1.54) is 12.1 Å². The zero-order chi connectivity index (χ0) is 21.4. The molecule has 156 valence electrons. The van der Waals surface area contributed by atoms with Crippen molar-refractivity contribution < 1.29 is 37.0 Å². The van der Waals surface area contributed by atoms with Crippen molar-refractivity contribution in [2.75, 3.05) is 13.2 Å². The molecule has 0 heterocycles. The first-order valence-electron chi connectivity index (χ1n) is 9.42. The molecule has 1 saturated carbocycles. The molecule has 29 heavy (non-hydrogen) atoms. The van der Waals surface area contributed by atoms with Crippen LogP contribution >= 0.6 is 0 Å². The molecule has 8 heteroatoms. The molecule has 0 saturated heterocycles. The van der Waals surface area contributed by atoms with Gasteiger partial charge in [-0.15, -0.1) is 0 Å². The number of fused-ring (bicyclic) bond motifs is 1. The van der Waals surface area contributed by atoms with Crippen molar-refractivity contribution in [3.05, 3.63) is 41.0 Å². The maximum absolute atomic E-state index is 12.8. The highest BCUT2D eigenvalue weighted by Gasteiger charge is 2.58. The molecule has 1 aromatic rings. The first-order valence-corrected chi connectivity index (χ1v) is 9.42. The van der Waals surface area contributed by atoms with E-state index in [0.29, 0.717) is 16.7 Å². The largest absolute Gasteiger partial charge is 0.465 e. The van der Waals surface area contributed by atoms with Crippen LogP contribution in [-0.2, 0) is 30.0 Å². The second-order valence-electron chi connectivity index (χ2n) is 7.20. The van der Waals surface area contributed by atoms with Crippen LogP contribution in [0.2, 0.25) is 0 Å². The summed E-state index contributed by atoms with van der Waals surface area (Å²) in [4.78, 5) is 37.8. The van der Waals surface area contributed by atoms with Crippen molar-refractivity contribution in [3.63, 3.8) is 0 Å². The fourth-order valence-corrected chi connectivity index (χ4v) is 4.18. The Morgan fingerprint density at radius 1 is 1.07 bits per heavy atom. The lowest BCUT2D eigenvalue weighted by Crippen LogP contribution is -2.40. The van der Waals surface area contributed by atoms with E-state index in [4.69, 9.17) is 9.47 Å². The number of ketones is 1. The molecule has 1 aromatic carbocycles. The number of allylic oxidation sites excluding steroid dienone is 2. The molecule has 5 nitrogen and oxygen atoms in total. The number of esters is 2. The molecule has 0 unspecified atom stereocenters. The summed E-state index contributed by atoms with van der Waals surface area (Å²) in [6.45, 7) is 3.44. The third-order valence-corrected chi connectivity index (χ3v) is 5.44. The summed E-state index contributed by atoms with van der Waals surface area (Å²) in [6, 6.07) is 4.34. The zero-order valence-corrected chi connectivity index (χ0v) is 16.1. The lowest BCUT2D eigenvalue weighted by molar-refractivity contribution is -0.171. The SMILES string of the molecule is CCOC(=O)C1(C(=O)OCC)CC2=C(c3ccc(C(F)(F)F)cc3)C(=O)C[C@@H]2C1. The summed E-state index contributed by atoms with van der Waals surface area (Å²) in [5, 5.41) is 0. The fraction of sp³-hybridized carbons (Fsp3) is 0.476. The predicted molar refractivity (Wildman–Crippen MR) is 96.4 cm³/mol. The van der Waals surface area contributed by atoms with E-state index in [-0.39, 0.29) is 44.2 Å². The number of ether oxygens (including phenoxy) is 2. The van der Waals surface area contributed by atoms with Crippen molar-refractivity contribution in [2.45, 2.75) is 39.3 Å². The van der Waals surface area contributed by atoms with Crippen LogP contribution in [0.1, 0.15) is 44.2 Å². The van der Waals surface area contributed by atoms with Crippen molar-refractivity contribution in [3.8, 4) is 0 Å². The molecule has 0 aromatic heterocycles. The predicted octanol–water partition coefficient (Wildman–Crippen LogP) is 3.95. The van der Waals surface area contributed by atoms with Crippen molar-refractivity contribution in [1.29, 1.82) is 0 Å². The minimum atomic E-state index is -4.48. The van der Waals surface area contributed by atoms with Gasteiger partial charge in [0, 0.05) is 12.0 Å². The molecule has 2 aliphatic carbocycles. The highest BCUT2D eigenvalue weighted by atomic mass is 19.4. The highest BCUT2D eigenvalue weighted by molar-refractivity contribution is 6.24. The number of hydrogen-bond donors (Lipinski definition) is 0. The Labute approximate surface area is 165 Å². The van der Waals surface area contributed by atoms with E-state index in [0.717, 1.165) is 12.1 Å². The number of hydrogen-bond acceptors (Lipinski definition) is 5. The normalized spacial score (nSPS) is 20.6. The highest BCUT2D eigenvalue weighted by Crippen LogP contribution is 2.54. The number of Topliss-reactive ketones (excluding diaryl/α,β-unsaturated/α-hetero) is 1. The minimum Gasteiger partial charge on any atom is -0.465 e. The number of carbonyl (C=O) groups is 3. The third kappa shape index (κ3) is 3.68. The third-order valence-electron chi connectivity index (χ3n) is 5.44. The van der Waals surface area contributed by atoms with Gasteiger partial charge in [0.2, 0.25) is 0 Å². The fourth-order valence-electron chi connectivity index (χ4n) is 4.18. The van der Waals surface area contributed by atoms with Crippen LogP contribution in [0.25, 0.3) is 5.57 Å². The summed E-state index contributed by atoms with van der Waals surface area (Å²) >= 11 is 0. The Bertz CT molecular complexity index is 849. The standard InChI is InChI=1S/C21H21F3O5/c1-3-28-18(26)20(19(27)29-4-2)10-13-9-16(25)17(15(13)11-20)12-5-7-14(8-6-12)21(22,23)24/h5-8,13H,3-4,9-11H2,1-2H3/t13-/m1/s1. The van der Waals surface area contributed by atoms with Gasteiger partial charge in [-0.05, 0) is 50.3 Å². The number of alkyl halides is 3. The first kappa shape index (κ1) is 21.1. The van der Waals surface area contributed by atoms with Gasteiger partial charge in [0.1, 0.15) is 0 Å². The van der Waals surface area contributed by atoms with Gasteiger partial charge in [-0.2, -0.15) is 13.2 Å². The molecular weight excluding hydrogens is 389 g/mol. The summed E-state index contributed by atoms with van der Waals surface area (Å²) in [6.07, 6.45) is -4.31. The Hall–Kier alpha value is -2.64. The maximum atomic E-state index is 12.8. The van der Waals surface area contributed by atoms with E-state index in [1.807, 2.05) is 0 Å². The number of halogens is 3. The zero-order valence-electron chi connectivity index (χ0n) is 16.1. The van der Waals surface area contributed by atoms with Gasteiger partial charge in [-0.3, -0.25) is 14.4 Å². The number of carbonyl (C=O) groups excluding carboxylic acids is 3. The van der Waals surface area contributed by atoms with Crippen LogP contribution < -0.4 is 0 Å². The molecule has 2 aliphatic rings. The van der Waals surface area contributed by atoms with Gasteiger partial charge in [0.15, 0.2) is 11.2 Å². The first-order chi connectivity index (χ1) is 13.6. The molecule has 3 rings (SSSR count). The van der Waals surface area contributed by atoms with Crippen LogP contribution in [0.5, 0.6) is 0 Å². The van der Waals surface area contributed by atoms with Crippen LogP contribution in [-0.4, -0.2) is 30.9 Å². The monoisotopic (exact) mass is 410 g/mol. The molecule has 0 spiro atoms. The average Bonchev–Trinajstić information content (AvgIpc) is 3.15. The molecule has 0 N–H and O–H groups in total. The smallest absolute Gasteiger partial charge is 0.416 e. The van der Waals surface area contributed by atoms with Crippen LogP contribution in [0, 0.1) is 11.3 Å². The second kappa shape index (κ2) is 7.65. The molecule has 0 aliphatic heterocycles. The minimum absolute atomic E-state index is 0.0303. The van der Waals surface area contributed by atoms with E-state index in [9.17, 15) is 27.6 Å². The lowest BCUT2D eigenvalue weighted by atomic mass is 9.83. The Morgan fingerprint density at radius 3 is 2.10 bits per heavy atom. The second-order valence-corrected chi connectivity index (χ2v) is 7.20. The summed E-state index contributed by atoms with van der Waals surface area (Å²) in [7, 11) is 0. The van der Waals surface area contributed by atoms with Crippen LogP contribution in [0.3, 0.4) is 0 Å². The van der Waals surface area contributed by atoms with E-state index < -0.39 is 29.1 Å². The molecule has 0 bridgehead atoms. The lowest BCUT2D eigenvalue weighted by Gasteiger charge is -2.24. The van der Waals surface area contributed by atoms with Gasteiger partial charge in [0.05, 0.1) is 18.8 Å². The Morgan fingerprint density at radius 2 is 1.62 bits per heavy atom. The average molecular weight is 410 g/mol. The van der Waals surface area contributed by atoms with Crippen molar-refractivity contribution >= 4 is 23.3 Å². The maximum Gasteiger partial charge on any atom is 0.416 e. The van der Waals surface area contributed by atoms with Crippen molar-refractivity contribution in [2.24, 2.45) is 11.3 Å². The molecule has 1 atom stereocenters. The Kier molecular flexibility index (Phi) is 5.56. The summed E-state index contributed by atoms with van der Waals surface area (Å²) in [5.41, 5.74) is -1.09. The van der Waals surface area contributed by atoms with Gasteiger partial charge in [-0.25, -0.2) is 0 Å². The van der Waals surface area contributed by atoms with Crippen molar-refractivity contribution in [1.82, 2.24) is 0 Å². The van der Waals surface area contributed by atoms with Gasteiger partial charge in [0.25, 0.3) is 0 Å². The van der Waals surface area contributed by atoms with Gasteiger partial charge >= 0.3 is 18.1 Å². The number of rotatable bonds is 5. The summed E-state index contributed by atoms with van der Waals surface area (Å²) < 4.78 is 48.7. The molecule has 0 radical (unpaired) electrons. The van der Waals surface area contributed by atoms with E-state index in [1.54, 1.807) is 13.8 Å².